The lowest BCUT2D eigenvalue weighted by Crippen LogP contribution is -2.34. The normalized spacial score (nSPS) is 20.6. The summed E-state index contributed by atoms with van der Waals surface area (Å²) in [7, 11) is 0. The van der Waals surface area contributed by atoms with Crippen LogP contribution in [0.1, 0.15) is 23.8 Å². The van der Waals surface area contributed by atoms with Gasteiger partial charge in [0.15, 0.2) is 6.23 Å². The minimum Gasteiger partial charge on any atom is -0.489 e. The van der Waals surface area contributed by atoms with Crippen molar-refractivity contribution in [2.24, 2.45) is 0 Å². The van der Waals surface area contributed by atoms with Crippen LogP contribution < -0.4 is 10.1 Å². The predicted octanol–water partition coefficient (Wildman–Crippen LogP) is 3.16. The van der Waals surface area contributed by atoms with Gasteiger partial charge in [-0.15, -0.1) is 0 Å². The van der Waals surface area contributed by atoms with Crippen LogP contribution in [0.15, 0.2) is 54.4 Å². The van der Waals surface area contributed by atoms with Crippen LogP contribution in [0.2, 0.25) is 0 Å². The molecular weight excluding hydrogens is 382 g/mol. The molecule has 2 N–H and O–H groups in total. The average molecular weight is 402 g/mol. The standard InChI is InChI=1S/C21H20F2N2O4/c22-15-7-13(8-16(23)9-15)12-28-17-3-1-14(2-4-17)21-24-18-10-25(11-20(26)27)6-5-19(18)29-21/h1-4,7-10,19,21,24H,5-6,11-12H2,(H,26,27). The minimum atomic E-state index is -0.868. The largest absolute Gasteiger partial charge is 0.489 e. The van der Waals surface area contributed by atoms with E-state index >= 15 is 0 Å². The van der Waals surface area contributed by atoms with Gasteiger partial charge in [-0.3, -0.25) is 4.79 Å². The first-order valence-electron chi connectivity index (χ1n) is 9.23. The second-order valence-corrected chi connectivity index (χ2v) is 7.02. The molecule has 0 bridgehead atoms. The lowest BCUT2D eigenvalue weighted by Gasteiger charge is -2.26. The number of halogens is 2. The van der Waals surface area contributed by atoms with E-state index < -0.39 is 17.6 Å². The Morgan fingerprint density at radius 3 is 2.62 bits per heavy atom. The van der Waals surface area contributed by atoms with Gasteiger partial charge in [-0.25, -0.2) is 8.78 Å². The molecule has 0 spiro atoms. The number of carboxylic acid groups (broad SMARTS) is 1. The smallest absolute Gasteiger partial charge is 0.323 e. The molecule has 29 heavy (non-hydrogen) atoms. The molecule has 2 aromatic rings. The fraction of sp³-hybridized carbons (Fsp3) is 0.286. The Balaban J connectivity index is 1.37. The molecular formula is C21H20F2N2O4. The van der Waals surface area contributed by atoms with Gasteiger partial charge in [0.2, 0.25) is 0 Å². The molecule has 2 unspecified atom stereocenters. The zero-order chi connectivity index (χ0) is 20.4. The van der Waals surface area contributed by atoms with E-state index in [1.54, 1.807) is 23.2 Å². The lowest BCUT2D eigenvalue weighted by molar-refractivity contribution is -0.137. The van der Waals surface area contributed by atoms with E-state index in [1.807, 2.05) is 12.1 Å². The van der Waals surface area contributed by atoms with Gasteiger partial charge in [0, 0.05) is 24.4 Å². The molecule has 2 aromatic carbocycles. The maximum Gasteiger partial charge on any atom is 0.323 e. The number of nitrogens with zero attached hydrogens (tertiary/aromatic N) is 1. The zero-order valence-corrected chi connectivity index (χ0v) is 15.5. The van der Waals surface area contributed by atoms with Gasteiger partial charge in [-0.2, -0.15) is 0 Å². The average Bonchev–Trinajstić information content (AvgIpc) is 3.09. The van der Waals surface area contributed by atoms with Gasteiger partial charge in [-0.05, 0) is 36.2 Å². The first-order valence-corrected chi connectivity index (χ1v) is 9.23. The molecule has 0 amide bonds. The molecule has 0 aromatic heterocycles. The highest BCUT2D eigenvalue weighted by Gasteiger charge is 2.33. The van der Waals surface area contributed by atoms with E-state index in [-0.39, 0.29) is 25.5 Å². The van der Waals surface area contributed by atoms with E-state index in [9.17, 15) is 13.6 Å². The summed E-state index contributed by atoms with van der Waals surface area (Å²) >= 11 is 0. The Kier molecular flexibility index (Phi) is 5.35. The van der Waals surface area contributed by atoms with Crippen LogP contribution in [0, 0.1) is 11.6 Å². The zero-order valence-electron chi connectivity index (χ0n) is 15.5. The summed E-state index contributed by atoms with van der Waals surface area (Å²) in [6, 6.07) is 10.5. The van der Waals surface area contributed by atoms with E-state index in [0.29, 0.717) is 24.3 Å². The Bertz CT molecular complexity index is 913. The van der Waals surface area contributed by atoms with Gasteiger partial charge in [-0.1, -0.05) is 12.1 Å². The number of hydrogen-bond donors (Lipinski definition) is 2. The topological polar surface area (TPSA) is 71.0 Å². The molecule has 0 saturated carbocycles. The number of nitrogens with one attached hydrogen (secondary N) is 1. The van der Waals surface area contributed by atoms with Crippen LogP contribution in [-0.2, 0) is 16.1 Å². The number of hydrogen-bond acceptors (Lipinski definition) is 5. The van der Waals surface area contributed by atoms with E-state index in [2.05, 4.69) is 5.32 Å². The monoisotopic (exact) mass is 402 g/mol. The van der Waals surface area contributed by atoms with Crippen LogP contribution in [0.5, 0.6) is 5.75 Å². The van der Waals surface area contributed by atoms with Crippen molar-refractivity contribution in [3.8, 4) is 5.75 Å². The summed E-state index contributed by atoms with van der Waals surface area (Å²) in [6.45, 7) is 0.646. The van der Waals surface area contributed by atoms with Gasteiger partial charge >= 0.3 is 5.97 Å². The van der Waals surface area contributed by atoms with E-state index in [4.69, 9.17) is 14.6 Å². The van der Waals surface area contributed by atoms with Crippen LogP contribution in [-0.4, -0.2) is 35.2 Å². The molecule has 0 aliphatic carbocycles. The first kappa shape index (κ1) is 19.2. The summed E-state index contributed by atoms with van der Waals surface area (Å²) < 4.78 is 38.1. The van der Waals surface area contributed by atoms with Gasteiger partial charge in [0.25, 0.3) is 0 Å². The highest BCUT2D eigenvalue weighted by Crippen LogP contribution is 2.32. The Hall–Kier alpha value is -3.13. The maximum atomic E-state index is 13.2. The van der Waals surface area contributed by atoms with Crippen molar-refractivity contribution in [2.45, 2.75) is 25.4 Å². The molecule has 1 saturated heterocycles. The molecule has 2 atom stereocenters. The molecule has 0 radical (unpaired) electrons. The molecule has 4 rings (SSSR count). The molecule has 6 nitrogen and oxygen atoms in total. The van der Waals surface area contributed by atoms with Crippen molar-refractivity contribution < 1.29 is 28.2 Å². The molecule has 8 heteroatoms. The van der Waals surface area contributed by atoms with Crippen molar-refractivity contribution in [1.82, 2.24) is 10.2 Å². The van der Waals surface area contributed by atoms with Crippen LogP contribution in [0.25, 0.3) is 0 Å². The molecule has 2 aliphatic rings. The number of carboxylic acids is 1. The number of aliphatic carboxylic acids is 1. The third kappa shape index (κ3) is 4.65. The summed E-state index contributed by atoms with van der Waals surface area (Å²) in [4.78, 5) is 12.6. The summed E-state index contributed by atoms with van der Waals surface area (Å²) in [6.07, 6.45) is 2.11. The maximum absolute atomic E-state index is 13.2. The SMILES string of the molecule is O=C(O)CN1C=C2NC(c3ccc(OCc4cc(F)cc(F)c4)cc3)OC2CC1. The van der Waals surface area contributed by atoms with Gasteiger partial charge < -0.3 is 24.8 Å². The fourth-order valence-electron chi connectivity index (χ4n) is 3.46. The van der Waals surface area contributed by atoms with Crippen molar-refractivity contribution in [3.05, 3.63) is 77.1 Å². The highest BCUT2D eigenvalue weighted by molar-refractivity contribution is 5.69. The lowest BCUT2D eigenvalue weighted by atomic mass is 10.1. The second kappa shape index (κ2) is 8.08. The van der Waals surface area contributed by atoms with Gasteiger partial charge in [0.05, 0.1) is 5.70 Å². The first-order chi connectivity index (χ1) is 14.0. The third-order valence-electron chi connectivity index (χ3n) is 4.79. The number of ether oxygens (including phenoxy) is 2. The summed E-state index contributed by atoms with van der Waals surface area (Å²) in [5.74, 6) is -1.57. The predicted molar refractivity (Wildman–Crippen MR) is 99.8 cm³/mol. The van der Waals surface area contributed by atoms with Crippen molar-refractivity contribution in [3.63, 3.8) is 0 Å². The number of benzene rings is 2. The minimum absolute atomic E-state index is 0.0379. The van der Waals surface area contributed by atoms with E-state index in [1.165, 1.54) is 12.1 Å². The molecule has 2 heterocycles. The number of carbonyl (C=O) groups is 1. The molecule has 1 fully saturated rings. The van der Waals surface area contributed by atoms with E-state index in [0.717, 1.165) is 17.3 Å². The van der Waals surface area contributed by atoms with Crippen LogP contribution >= 0.6 is 0 Å². The van der Waals surface area contributed by atoms with Crippen LogP contribution in [0.3, 0.4) is 0 Å². The van der Waals surface area contributed by atoms with Crippen LogP contribution in [0.4, 0.5) is 8.78 Å². The Morgan fingerprint density at radius 2 is 1.93 bits per heavy atom. The number of fused-ring (bicyclic) bond motifs is 1. The highest BCUT2D eigenvalue weighted by atomic mass is 19.1. The number of rotatable bonds is 6. The Morgan fingerprint density at radius 1 is 1.21 bits per heavy atom. The Labute approximate surface area is 166 Å². The molecule has 2 aliphatic heterocycles. The molecule has 152 valence electrons. The second-order valence-electron chi connectivity index (χ2n) is 7.02. The van der Waals surface area contributed by atoms with Crippen molar-refractivity contribution >= 4 is 5.97 Å². The van der Waals surface area contributed by atoms with Crippen molar-refractivity contribution in [2.75, 3.05) is 13.1 Å². The third-order valence-corrected chi connectivity index (χ3v) is 4.79. The summed E-state index contributed by atoms with van der Waals surface area (Å²) in [5.41, 5.74) is 2.18. The van der Waals surface area contributed by atoms with Gasteiger partial charge in [0.1, 0.15) is 36.6 Å². The fourth-order valence-corrected chi connectivity index (χ4v) is 3.46. The quantitative estimate of drug-likeness (QED) is 0.774. The van der Waals surface area contributed by atoms with Crippen molar-refractivity contribution in [1.29, 1.82) is 0 Å². The summed E-state index contributed by atoms with van der Waals surface area (Å²) in [5, 5.41) is 12.2.